The lowest BCUT2D eigenvalue weighted by atomic mass is 10.0. The van der Waals surface area contributed by atoms with E-state index in [9.17, 15) is 19.4 Å². The molecule has 0 heterocycles. The van der Waals surface area contributed by atoms with Gasteiger partial charge in [-0.25, -0.2) is 4.57 Å². The number of nitrogens with one attached hydrogen (secondary N) is 1. The molecule has 0 aliphatic rings. The molecule has 0 radical (unpaired) electrons. The fourth-order valence-electron chi connectivity index (χ4n) is 8.69. The summed E-state index contributed by atoms with van der Waals surface area (Å²) in [5.74, 6) is -0.158. The summed E-state index contributed by atoms with van der Waals surface area (Å²) >= 11 is 0. The summed E-state index contributed by atoms with van der Waals surface area (Å²) in [5, 5.41) is 14.1. The van der Waals surface area contributed by atoms with Gasteiger partial charge in [0.1, 0.15) is 13.2 Å². The van der Waals surface area contributed by atoms with Crippen LogP contribution in [0.3, 0.4) is 0 Å². The minimum absolute atomic E-state index is 0.0673. The lowest BCUT2D eigenvalue weighted by Gasteiger charge is -2.26. The molecule has 0 saturated heterocycles. The quantitative estimate of drug-likeness (QED) is 0.0243. The lowest BCUT2D eigenvalue weighted by Crippen LogP contribution is -2.46. The first-order chi connectivity index (χ1) is 37.0. The Morgan fingerprint density at radius 2 is 0.789 bits per heavy atom. The molecule has 0 aliphatic carbocycles. The SMILES string of the molecule is CC/C=C\C/C=C\C/C=C\C/C=C\C/C=C\C/C=C\C/C=C\C/C=C\C/C=C\CCCCCCCCCC(=O)NC(COP(=O)(O)OCC[N+](C)(C)C)C(O)CCCCCCCCCCCCCCCCCCCCC. The Kier molecular flexibility index (Phi) is 54.7. The molecule has 3 unspecified atom stereocenters. The maximum Gasteiger partial charge on any atom is 0.472 e. The Morgan fingerprint density at radius 1 is 0.461 bits per heavy atom. The first-order valence-corrected chi connectivity index (χ1v) is 32.7. The van der Waals surface area contributed by atoms with Gasteiger partial charge in [0.15, 0.2) is 0 Å². The number of carbonyl (C=O) groups is 1. The number of amides is 1. The number of hydrogen-bond donors (Lipinski definition) is 3. The number of nitrogens with zero attached hydrogens (tertiary/aromatic N) is 1. The van der Waals surface area contributed by atoms with E-state index in [0.29, 0.717) is 23.9 Å². The van der Waals surface area contributed by atoms with Crippen LogP contribution in [0.1, 0.15) is 258 Å². The Labute approximate surface area is 470 Å². The van der Waals surface area contributed by atoms with Crippen molar-refractivity contribution in [3.05, 3.63) is 109 Å². The Bertz CT molecular complexity index is 1600. The first-order valence-electron chi connectivity index (χ1n) is 31.3. The second kappa shape index (κ2) is 56.9. The Morgan fingerprint density at radius 3 is 1.16 bits per heavy atom. The van der Waals surface area contributed by atoms with Crippen LogP contribution in [-0.4, -0.2) is 73.4 Å². The summed E-state index contributed by atoms with van der Waals surface area (Å²) in [6, 6.07) is -0.775. The van der Waals surface area contributed by atoms with Crippen molar-refractivity contribution in [2.45, 2.75) is 270 Å². The zero-order chi connectivity index (χ0) is 55.6. The topological polar surface area (TPSA) is 105 Å². The maximum absolute atomic E-state index is 13.0. The number of rotatable bonds is 56. The molecule has 0 spiro atoms. The van der Waals surface area contributed by atoms with Crippen LogP contribution in [0.5, 0.6) is 0 Å². The molecule has 76 heavy (non-hydrogen) atoms. The third-order valence-electron chi connectivity index (χ3n) is 13.5. The first kappa shape index (κ1) is 73.2. The molecule has 9 heteroatoms. The van der Waals surface area contributed by atoms with Crippen LogP contribution in [-0.2, 0) is 18.4 Å². The van der Waals surface area contributed by atoms with Gasteiger partial charge >= 0.3 is 7.82 Å². The van der Waals surface area contributed by atoms with Crippen LogP contribution >= 0.6 is 7.82 Å². The third kappa shape index (κ3) is 58.8. The molecular formula is C67H120N2O6P+. The molecule has 3 N–H and O–H groups in total. The smallest absolute Gasteiger partial charge is 0.391 e. The van der Waals surface area contributed by atoms with Crippen LogP contribution in [0, 0.1) is 0 Å². The third-order valence-corrected chi connectivity index (χ3v) is 14.5. The van der Waals surface area contributed by atoms with Gasteiger partial charge in [0, 0.05) is 6.42 Å². The molecule has 0 aromatic carbocycles. The zero-order valence-electron chi connectivity index (χ0n) is 50.0. The highest BCUT2D eigenvalue weighted by Crippen LogP contribution is 2.43. The van der Waals surface area contributed by atoms with Crippen molar-refractivity contribution in [1.29, 1.82) is 0 Å². The average molecular weight is 1080 g/mol. The molecule has 0 aromatic rings. The highest BCUT2D eigenvalue weighted by atomic mass is 31.2. The second-order valence-corrected chi connectivity index (χ2v) is 23.5. The van der Waals surface area contributed by atoms with Crippen LogP contribution in [0.25, 0.3) is 0 Å². The van der Waals surface area contributed by atoms with Crippen LogP contribution < -0.4 is 5.32 Å². The van der Waals surface area contributed by atoms with E-state index >= 15 is 0 Å². The summed E-state index contributed by atoms with van der Waals surface area (Å²) in [6.07, 6.45) is 82.9. The predicted molar refractivity (Wildman–Crippen MR) is 332 cm³/mol. The minimum atomic E-state index is -4.34. The zero-order valence-corrected chi connectivity index (χ0v) is 50.9. The van der Waals surface area contributed by atoms with E-state index in [4.69, 9.17) is 9.05 Å². The van der Waals surface area contributed by atoms with Gasteiger partial charge in [0.05, 0.1) is 39.9 Å². The summed E-state index contributed by atoms with van der Waals surface area (Å²) in [4.78, 5) is 23.4. The molecular weight excluding hydrogens is 960 g/mol. The highest BCUT2D eigenvalue weighted by Gasteiger charge is 2.28. The van der Waals surface area contributed by atoms with Gasteiger partial charge in [-0.3, -0.25) is 13.8 Å². The summed E-state index contributed by atoms with van der Waals surface area (Å²) in [7, 11) is 1.60. The van der Waals surface area contributed by atoms with Crippen LogP contribution in [0.4, 0.5) is 0 Å². The molecule has 3 atom stereocenters. The fraction of sp³-hybridized carbons (Fsp3) is 0.716. The normalized spacial score (nSPS) is 14.6. The van der Waals surface area contributed by atoms with Crippen LogP contribution in [0.2, 0.25) is 0 Å². The monoisotopic (exact) mass is 1080 g/mol. The van der Waals surface area contributed by atoms with Gasteiger partial charge < -0.3 is 19.8 Å². The molecule has 0 saturated carbocycles. The van der Waals surface area contributed by atoms with E-state index in [0.717, 1.165) is 109 Å². The van der Waals surface area contributed by atoms with Gasteiger partial charge in [-0.1, -0.05) is 277 Å². The van der Waals surface area contributed by atoms with Crippen molar-refractivity contribution in [3.8, 4) is 0 Å². The van der Waals surface area contributed by atoms with Crippen molar-refractivity contribution in [2.24, 2.45) is 0 Å². The van der Waals surface area contributed by atoms with Gasteiger partial charge in [-0.2, -0.15) is 0 Å². The van der Waals surface area contributed by atoms with E-state index in [-0.39, 0.29) is 19.1 Å². The molecule has 0 aliphatic heterocycles. The lowest BCUT2D eigenvalue weighted by molar-refractivity contribution is -0.870. The Hall–Kier alpha value is -2.84. The summed E-state index contributed by atoms with van der Waals surface area (Å²) in [6.45, 7) is 4.77. The maximum atomic E-state index is 13.0. The van der Waals surface area contributed by atoms with Gasteiger partial charge in [0.25, 0.3) is 0 Å². The minimum Gasteiger partial charge on any atom is -0.391 e. The second-order valence-electron chi connectivity index (χ2n) is 22.1. The molecule has 0 aromatic heterocycles. The fourth-order valence-corrected chi connectivity index (χ4v) is 9.42. The number of phosphoric ester groups is 1. The number of unbranched alkanes of at least 4 members (excludes halogenated alkanes) is 25. The number of likely N-dealkylation sites (N-methyl/N-ethyl adjacent to an activating group) is 1. The van der Waals surface area contributed by atoms with E-state index in [1.807, 2.05) is 21.1 Å². The number of phosphoric acid groups is 1. The van der Waals surface area contributed by atoms with E-state index < -0.39 is 20.0 Å². The van der Waals surface area contributed by atoms with E-state index in [2.05, 4.69) is 129 Å². The van der Waals surface area contributed by atoms with Crippen molar-refractivity contribution < 1.29 is 32.9 Å². The Balaban J connectivity index is 4.17. The number of allylic oxidation sites excluding steroid dienone is 18. The summed E-state index contributed by atoms with van der Waals surface area (Å²) < 4.78 is 23.8. The van der Waals surface area contributed by atoms with Gasteiger partial charge in [-0.05, 0) is 83.5 Å². The summed E-state index contributed by atoms with van der Waals surface area (Å²) in [5.41, 5.74) is 0. The number of quaternary nitrogens is 1. The standard InChI is InChI=1S/C67H119N2O6P/c1-6-8-10-12-14-16-18-20-22-24-26-27-28-29-30-31-32-33-34-35-36-37-38-39-40-41-43-45-47-49-51-53-55-57-59-61-67(71)68-65(64-75-76(72,73)74-63-62-69(3,4)5)66(70)60-58-56-54-52-50-48-46-44-42-25-23-21-19-17-15-13-11-9-7-2/h8,10,14,16,20,22,26-27,29-30,32-33,35-36,38-39,41,43,65-66,70H,6-7,9,11-13,15,17-19,21,23-25,28,31,34,37,40,42,44-64H2,1-5H3,(H-,68,71,72,73)/p+1/b10-8-,16-14-,22-20-,27-26-,30-29-,33-32-,36-35-,39-38-,43-41-. The number of hydrogen-bond acceptors (Lipinski definition) is 5. The number of aliphatic hydroxyl groups excluding tert-OH is 1. The van der Waals surface area contributed by atoms with Crippen LogP contribution in [0.15, 0.2) is 109 Å². The van der Waals surface area contributed by atoms with Crippen molar-refractivity contribution >= 4 is 13.7 Å². The van der Waals surface area contributed by atoms with Crippen molar-refractivity contribution in [3.63, 3.8) is 0 Å². The predicted octanol–water partition coefficient (Wildman–Crippen LogP) is 19.5. The van der Waals surface area contributed by atoms with E-state index in [1.165, 1.54) is 122 Å². The van der Waals surface area contributed by atoms with Gasteiger partial charge in [-0.15, -0.1) is 0 Å². The van der Waals surface area contributed by atoms with Gasteiger partial charge in [0.2, 0.25) is 5.91 Å². The molecule has 438 valence electrons. The molecule has 0 fully saturated rings. The van der Waals surface area contributed by atoms with E-state index in [1.54, 1.807) is 0 Å². The number of aliphatic hydroxyl groups is 1. The largest absolute Gasteiger partial charge is 0.472 e. The van der Waals surface area contributed by atoms with Crippen molar-refractivity contribution in [1.82, 2.24) is 5.32 Å². The highest BCUT2D eigenvalue weighted by molar-refractivity contribution is 7.47. The molecule has 0 bridgehead atoms. The molecule has 8 nitrogen and oxygen atoms in total. The molecule has 1 amide bonds. The number of carbonyl (C=O) groups excluding carboxylic acids is 1. The average Bonchev–Trinajstić information content (AvgIpc) is 3.38. The molecule has 0 rings (SSSR count). The van der Waals surface area contributed by atoms with Crippen molar-refractivity contribution in [2.75, 3.05) is 40.9 Å².